The number of nitrogens with one attached hydrogen (secondary N) is 3. The summed E-state index contributed by atoms with van der Waals surface area (Å²) >= 11 is 0. The number of pyridine rings is 1. The Morgan fingerprint density at radius 3 is 3.06 bits per heavy atom. The highest BCUT2D eigenvalue weighted by Gasteiger charge is 2.17. The summed E-state index contributed by atoms with van der Waals surface area (Å²) in [5.74, 6) is -0.296. The lowest BCUT2D eigenvalue weighted by Gasteiger charge is -2.23. The van der Waals surface area contributed by atoms with Gasteiger partial charge in [-0.3, -0.25) is 9.59 Å². The Morgan fingerprint density at radius 1 is 1.50 bits per heavy atom. The fraction of sp³-hybridized carbons (Fsp3) is 0.455. The molecular weight excluding hydrogens is 206 g/mol. The van der Waals surface area contributed by atoms with Gasteiger partial charge in [0.05, 0.1) is 0 Å². The largest absolute Gasteiger partial charge is 0.367 e. The first kappa shape index (κ1) is 10.9. The van der Waals surface area contributed by atoms with E-state index in [1.807, 2.05) is 0 Å². The van der Waals surface area contributed by atoms with Crippen molar-refractivity contribution in [3.8, 4) is 0 Å². The molecule has 0 spiro atoms. The van der Waals surface area contributed by atoms with Crippen LogP contribution in [0.1, 0.15) is 23.2 Å². The van der Waals surface area contributed by atoms with Crippen LogP contribution < -0.4 is 16.1 Å². The van der Waals surface area contributed by atoms with Crippen LogP contribution in [0.4, 0.5) is 0 Å². The molecule has 16 heavy (non-hydrogen) atoms. The number of hydrogen-bond donors (Lipinski definition) is 3. The summed E-state index contributed by atoms with van der Waals surface area (Å²) in [6, 6.07) is 1.48. The molecular formula is C11H15N3O2. The number of piperidine rings is 1. The van der Waals surface area contributed by atoms with E-state index in [0.717, 1.165) is 25.9 Å². The summed E-state index contributed by atoms with van der Waals surface area (Å²) in [5.41, 5.74) is -0.0758. The van der Waals surface area contributed by atoms with E-state index in [0.29, 0.717) is 0 Å². The van der Waals surface area contributed by atoms with Crippen LogP contribution in [0.5, 0.6) is 0 Å². The van der Waals surface area contributed by atoms with Gasteiger partial charge in [-0.15, -0.1) is 0 Å². The van der Waals surface area contributed by atoms with Gasteiger partial charge in [0.1, 0.15) is 5.56 Å². The van der Waals surface area contributed by atoms with Gasteiger partial charge in [-0.05, 0) is 19.4 Å². The minimum atomic E-state index is -0.296. The van der Waals surface area contributed by atoms with Gasteiger partial charge < -0.3 is 15.6 Å². The molecule has 0 saturated carbocycles. The standard InChI is InChI=1S/C11H15N3O2/c15-10-3-5-13-7-9(10)11(16)14-8-2-1-4-12-6-8/h3,5,7-8,12H,1-2,4,6H2,(H,13,15)(H,14,16)/t8-/m1/s1. The van der Waals surface area contributed by atoms with E-state index >= 15 is 0 Å². The average Bonchev–Trinajstić information content (AvgIpc) is 2.31. The monoisotopic (exact) mass is 221 g/mol. The number of hydrogen-bond acceptors (Lipinski definition) is 3. The van der Waals surface area contributed by atoms with Crippen molar-refractivity contribution < 1.29 is 4.79 Å². The zero-order valence-corrected chi connectivity index (χ0v) is 8.95. The third kappa shape index (κ3) is 2.49. The summed E-state index contributed by atoms with van der Waals surface area (Å²) in [6.07, 6.45) is 4.97. The number of rotatable bonds is 2. The summed E-state index contributed by atoms with van der Waals surface area (Å²) in [5, 5.41) is 6.06. The van der Waals surface area contributed by atoms with Crippen LogP contribution in [0, 0.1) is 0 Å². The Morgan fingerprint density at radius 2 is 2.38 bits per heavy atom. The minimum absolute atomic E-state index is 0.126. The average molecular weight is 221 g/mol. The highest BCUT2D eigenvalue weighted by Crippen LogP contribution is 2.02. The van der Waals surface area contributed by atoms with E-state index in [-0.39, 0.29) is 22.9 Å². The molecule has 1 aliphatic heterocycles. The lowest BCUT2D eigenvalue weighted by Crippen LogP contribution is -2.46. The van der Waals surface area contributed by atoms with Gasteiger partial charge in [-0.25, -0.2) is 0 Å². The molecule has 3 N–H and O–H groups in total. The van der Waals surface area contributed by atoms with Gasteiger partial charge in [0.25, 0.3) is 5.91 Å². The maximum absolute atomic E-state index is 11.8. The number of amides is 1. The Hall–Kier alpha value is -1.62. The van der Waals surface area contributed by atoms with Crippen molar-refractivity contribution in [2.45, 2.75) is 18.9 Å². The molecule has 1 amide bonds. The highest BCUT2D eigenvalue weighted by atomic mass is 16.2. The van der Waals surface area contributed by atoms with Crippen LogP contribution >= 0.6 is 0 Å². The summed E-state index contributed by atoms with van der Waals surface area (Å²) in [4.78, 5) is 25.9. The molecule has 0 aliphatic carbocycles. The fourth-order valence-corrected chi connectivity index (χ4v) is 1.83. The lowest BCUT2D eigenvalue weighted by molar-refractivity contribution is 0.0929. The van der Waals surface area contributed by atoms with Crippen molar-refractivity contribution in [1.82, 2.24) is 15.6 Å². The molecule has 0 aromatic carbocycles. The summed E-state index contributed by atoms with van der Waals surface area (Å²) in [6.45, 7) is 1.77. The van der Waals surface area contributed by atoms with Gasteiger partial charge >= 0.3 is 0 Å². The van der Waals surface area contributed by atoms with E-state index in [1.165, 1.54) is 18.5 Å². The normalized spacial score (nSPS) is 20.4. The first-order valence-corrected chi connectivity index (χ1v) is 5.46. The zero-order valence-electron chi connectivity index (χ0n) is 8.95. The first-order valence-electron chi connectivity index (χ1n) is 5.46. The molecule has 1 saturated heterocycles. The van der Waals surface area contributed by atoms with Crippen LogP contribution in [0.2, 0.25) is 0 Å². The summed E-state index contributed by atoms with van der Waals surface area (Å²) < 4.78 is 0. The van der Waals surface area contributed by atoms with Gasteiger partial charge in [-0.1, -0.05) is 0 Å². The Labute approximate surface area is 93.3 Å². The second kappa shape index (κ2) is 4.94. The van der Waals surface area contributed by atoms with Gasteiger partial charge in [-0.2, -0.15) is 0 Å². The molecule has 5 nitrogen and oxygen atoms in total. The highest BCUT2D eigenvalue weighted by molar-refractivity contribution is 5.93. The Bertz CT molecular complexity index is 421. The lowest BCUT2D eigenvalue weighted by atomic mass is 10.1. The second-order valence-corrected chi connectivity index (χ2v) is 3.94. The predicted octanol–water partition coefficient (Wildman–Crippen LogP) is -0.143. The second-order valence-electron chi connectivity index (χ2n) is 3.94. The molecule has 1 fully saturated rings. The number of carbonyl (C=O) groups is 1. The molecule has 1 aromatic rings. The van der Waals surface area contributed by atoms with Gasteiger partial charge in [0.15, 0.2) is 5.43 Å². The smallest absolute Gasteiger partial charge is 0.257 e. The van der Waals surface area contributed by atoms with Crippen LogP contribution in [0.25, 0.3) is 0 Å². The van der Waals surface area contributed by atoms with Crippen LogP contribution in [-0.4, -0.2) is 30.0 Å². The van der Waals surface area contributed by atoms with Crippen molar-refractivity contribution in [2.24, 2.45) is 0 Å². The van der Waals surface area contributed by atoms with Crippen molar-refractivity contribution >= 4 is 5.91 Å². The third-order valence-corrected chi connectivity index (χ3v) is 2.70. The van der Waals surface area contributed by atoms with E-state index in [1.54, 1.807) is 0 Å². The molecule has 0 unspecified atom stereocenters. The quantitative estimate of drug-likeness (QED) is 0.650. The first-order chi connectivity index (χ1) is 7.77. The predicted molar refractivity (Wildman–Crippen MR) is 60.4 cm³/mol. The molecule has 0 radical (unpaired) electrons. The molecule has 5 heteroatoms. The van der Waals surface area contributed by atoms with E-state index < -0.39 is 0 Å². The fourth-order valence-electron chi connectivity index (χ4n) is 1.83. The molecule has 2 rings (SSSR count). The maximum atomic E-state index is 11.8. The zero-order chi connectivity index (χ0) is 11.4. The number of aromatic nitrogens is 1. The molecule has 1 aromatic heterocycles. The number of H-pyrrole nitrogens is 1. The van der Waals surface area contributed by atoms with Crippen molar-refractivity contribution in [3.05, 3.63) is 34.2 Å². The SMILES string of the molecule is O=C(N[C@@H]1CCCNC1)c1c[nH]ccc1=O. The molecule has 1 atom stereocenters. The number of aromatic amines is 1. The number of carbonyl (C=O) groups excluding carboxylic acids is 1. The van der Waals surface area contributed by atoms with Crippen molar-refractivity contribution in [3.63, 3.8) is 0 Å². The molecule has 2 heterocycles. The van der Waals surface area contributed by atoms with Crippen molar-refractivity contribution in [2.75, 3.05) is 13.1 Å². The Balaban J connectivity index is 2.02. The third-order valence-electron chi connectivity index (χ3n) is 2.70. The topological polar surface area (TPSA) is 74.0 Å². The molecule has 1 aliphatic rings. The van der Waals surface area contributed by atoms with Crippen molar-refractivity contribution in [1.29, 1.82) is 0 Å². The molecule has 0 bridgehead atoms. The van der Waals surface area contributed by atoms with E-state index in [4.69, 9.17) is 0 Å². The van der Waals surface area contributed by atoms with Crippen LogP contribution in [-0.2, 0) is 0 Å². The minimum Gasteiger partial charge on any atom is -0.367 e. The van der Waals surface area contributed by atoms with Gasteiger partial charge in [0, 0.05) is 31.0 Å². The molecule has 86 valence electrons. The van der Waals surface area contributed by atoms with Gasteiger partial charge in [0.2, 0.25) is 0 Å². The van der Waals surface area contributed by atoms with E-state index in [2.05, 4.69) is 15.6 Å². The van der Waals surface area contributed by atoms with Crippen LogP contribution in [0.15, 0.2) is 23.3 Å². The summed E-state index contributed by atoms with van der Waals surface area (Å²) in [7, 11) is 0. The van der Waals surface area contributed by atoms with Crippen LogP contribution in [0.3, 0.4) is 0 Å². The van der Waals surface area contributed by atoms with E-state index in [9.17, 15) is 9.59 Å². The Kier molecular flexibility index (Phi) is 3.36. The maximum Gasteiger partial charge on any atom is 0.257 e.